The highest BCUT2D eigenvalue weighted by molar-refractivity contribution is 5.75. The third-order valence-electron chi connectivity index (χ3n) is 2.17. The average molecular weight is 169 g/mol. The van der Waals surface area contributed by atoms with E-state index in [4.69, 9.17) is 4.84 Å². The molecule has 1 aliphatic carbocycles. The van der Waals surface area contributed by atoms with E-state index in [1.807, 2.05) is 0 Å². The van der Waals surface area contributed by atoms with Gasteiger partial charge in [-0.2, -0.15) is 0 Å². The van der Waals surface area contributed by atoms with Crippen LogP contribution >= 0.6 is 0 Å². The number of allylic oxidation sites excluding steroid dienone is 2. The Balaban J connectivity index is 2.30. The Kier molecular flexibility index (Phi) is 3.29. The second-order valence-corrected chi connectivity index (χ2v) is 3.04. The molecule has 0 saturated heterocycles. The fraction of sp³-hybridized carbons (Fsp3) is 0.667. The van der Waals surface area contributed by atoms with Crippen molar-refractivity contribution in [2.45, 2.75) is 19.3 Å². The zero-order valence-corrected chi connectivity index (χ0v) is 7.62. The minimum absolute atomic E-state index is 0.0500. The van der Waals surface area contributed by atoms with Crippen LogP contribution in [-0.2, 0) is 9.63 Å². The van der Waals surface area contributed by atoms with Crippen LogP contribution in [0.4, 0.5) is 0 Å². The molecule has 0 aromatic heterocycles. The van der Waals surface area contributed by atoms with Crippen LogP contribution in [0.15, 0.2) is 12.2 Å². The van der Waals surface area contributed by atoms with Gasteiger partial charge >= 0.3 is 0 Å². The first kappa shape index (κ1) is 9.26. The Morgan fingerprint density at radius 3 is 3.00 bits per heavy atom. The predicted molar refractivity (Wildman–Crippen MR) is 46.3 cm³/mol. The van der Waals surface area contributed by atoms with E-state index in [1.165, 1.54) is 12.2 Å². The van der Waals surface area contributed by atoms with Gasteiger partial charge in [-0.05, 0) is 18.8 Å². The lowest BCUT2D eigenvalue weighted by atomic mass is 10.1. The fourth-order valence-corrected chi connectivity index (χ4v) is 1.32. The molecule has 0 N–H and O–H groups in total. The van der Waals surface area contributed by atoms with Crippen LogP contribution in [-0.4, -0.2) is 25.1 Å². The van der Waals surface area contributed by atoms with Crippen molar-refractivity contribution in [1.82, 2.24) is 5.06 Å². The Morgan fingerprint density at radius 2 is 2.50 bits per heavy atom. The molecule has 68 valence electrons. The Morgan fingerprint density at radius 1 is 1.75 bits per heavy atom. The van der Waals surface area contributed by atoms with Crippen molar-refractivity contribution in [2.24, 2.45) is 5.92 Å². The summed E-state index contributed by atoms with van der Waals surface area (Å²) in [5, 5.41) is 1.28. The molecule has 1 amide bonds. The van der Waals surface area contributed by atoms with Gasteiger partial charge in [0.05, 0.1) is 7.11 Å². The maximum Gasteiger partial charge on any atom is 0.246 e. The number of amides is 1. The molecule has 0 unspecified atom stereocenters. The first-order valence-corrected chi connectivity index (χ1v) is 4.21. The number of hydrogen-bond donors (Lipinski definition) is 0. The molecular weight excluding hydrogens is 154 g/mol. The van der Waals surface area contributed by atoms with Gasteiger partial charge in [0.15, 0.2) is 0 Å². The molecule has 0 bridgehead atoms. The van der Waals surface area contributed by atoms with Crippen LogP contribution < -0.4 is 0 Å². The molecule has 1 atom stereocenters. The van der Waals surface area contributed by atoms with Crippen LogP contribution in [0.25, 0.3) is 0 Å². The van der Waals surface area contributed by atoms with Gasteiger partial charge in [0.1, 0.15) is 0 Å². The van der Waals surface area contributed by atoms with Gasteiger partial charge in [-0.25, -0.2) is 5.06 Å². The lowest BCUT2D eigenvalue weighted by molar-refractivity contribution is -0.169. The van der Waals surface area contributed by atoms with Crippen LogP contribution in [0.5, 0.6) is 0 Å². The van der Waals surface area contributed by atoms with E-state index in [0.29, 0.717) is 12.3 Å². The number of hydrogen-bond acceptors (Lipinski definition) is 2. The van der Waals surface area contributed by atoms with E-state index in [2.05, 4.69) is 12.2 Å². The topological polar surface area (TPSA) is 29.5 Å². The van der Waals surface area contributed by atoms with Crippen LogP contribution in [0.2, 0.25) is 0 Å². The molecule has 0 radical (unpaired) electrons. The van der Waals surface area contributed by atoms with Crippen molar-refractivity contribution < 1.29 is 9.63 Å². The number of carbonyl (C=O) groups is 1. The lowest BCUT2D eigenvalue weighted by Crippen LogP contribution is -2.26. The number of hydroxylamine groups is 2. The summed E-state index contributed by atoms with van der Waals surface area (Å²) in [6.45, 7) is 0. The summed E-state index contributed by atoms with van der Waals surface area (Å²) in [4.78, 5) is 16.1. The van der Waals surface area contributed by atoms with Crippen LogP contribution in [0.1, 0.15) is 19.3 Å². The summed E-state index contributed by atoms with van der Waals surface area (Å²) in [6, 6.07) is 0. The van der Waals surface area contributed by atoms with Gasteiger partial charge in [0.2, 0.25) is 5.91 Å². The molecule has 1 aliphatic rings. The van der Waals surface area contributed by atoms with Gasteiger partial charge in [-0.15, -0.1) is 0 Å². The summed E-state index contributed by atoms with van der Waals surface area (Å²) >= 11 is 0. The van der Waals surface area contributed by atoms with Crippen molar-refractivity contribution in [1.29, 1.82) is 0 Å². The molecule has 3 nitrogen and oxygen atoms in total. The second kappa shape index (κ2) is 4.26. The summed E-state index contributed by atoms with van der Waals surface area (Å²) < 4.78 is 0. The molecule has 0 spiro atoms. The van der Waals surface area contributed by atoms with E-state index < -0.39 is 0 Å². The fourth-order valence-electron chi connectivity index (χ4n) is 1.32. The summed E-state index contributed by atoms with van der Waals surface area (Å²) in [5.41, 5.74) is 0. The van der Waals surface area contributed by atoms with E-state index >= 15 is 0 Å². The van der Waals surface area contributed by atoms with Crippen LogP contribution in [0.3, 0.4) is 0 Å². The van der Waals surface area contributed by atoms with E-state index in [0.717, 1.165) is 12.8 Å². The van der Waals surface area contributed by atoms with Gasteiger partial charge in [-0.1, -0.05) is 12.2 Å². The second-order valence-electron chi connectivity index (χ2n) is 3.04. The Labute approximate surface area is 73.0 Å². The highest BCUT2D eigenvalue weighted by atomic mass is 16.7. The smallest absolute Gasteiger partial charge is 0.246 e. The van der Waals surface area contributed by atoms with E-state index in [1.54, 1.807) is 7.05 Å². The zero-order valence-electron chi connectivity index (χ0n) is 7.62. The summed E-state index contributed by atoms with van der Waals surface area (Å²) in [6.07, 6.45) is 7.02. The van der Waals surface area contributed by atoms with E-state index in [9.17, 15) is 4.79 Å². The number of carbonyl (C=O) groups excluding carboxylic acids is 1. The van der Waals surface area contributed by atoms with Crippen molar-refractivity contribution in [3.8, 4) is 0 Å². The Bertz CT molecular complexity index is 189. The van der Waals surface area contributed by atoms with Crippen molar-refractivity contribution >= 4 is 5.91 Å². The monoisotopic (exact) mass is 169 g/mol. The van der Waals surface area contributed by atoms with Gasteiger partial charge < -0.3 is 0 Å². The summed E-state index contributed by atoms with van der Waals surface area (Å²) in [7, 11) is 3.14. The highest BCUT2D eigenvalue weighted by Gasteiger charge is 2.16. The normalized spacial score (nSPS) is 21.3. The quantitative estimate of drug-likeness (QED) is 0.471. The summed E-state index contributed by atoms with van der Waals surface area (Å²) in [5.74, 6) is 0.476. The third kappa shape index (κ3) is 2.34. The molecule has 0 heterocycles. The van der Waals surface area contributed by atoms with Crippen molar-refractivity contribution in [3.63, 3.8) is 0 Å². The maximum atomic E-state index is 11.3. The first-order chi connectivity index (χ1) is 5.74. The minimum Gasteiger partial charge on any atom is -0.275 e. The highest BCUT2D eigenvalue weighted by Crippen LogP contribution is 2.20. The third-order valence-corrected chi connectivity index (χ3v) is 2.17. The minimum atomic E-state index is 0.0500. The van der Waals surface area contributed by atoms with Gasteiger partial charge in [0, 0.05) is 13.5 Å². The van der Waals surface area contributed by atoms with E-state index in [-0.39, 0.29) is 5.91 Å². The largest absolute Gasteiger partial charge is 0.275 e. The SMILES string of the molecule is CON(C)C(=O)C[C@H]1C=CCC1. The Hall–Kier alpha value is -0.830. The average Bonchev–Trinajstić information content (AvgIpc) is 2.55. The molecule has 0 aromatic rings. The molecule has 0 aromatic carbocycles. The zero-order chi connectivity index (χ0) is 8.97. The van der Waals surface area contributed by atoms with Crippen molar-refractivity contribution in [2.75, 3.05) is 14.2 Å². The molecule has 0 saturated carbocycles. The first-order valence-electron chi connectivity index (χ1n) is 4.21. The molecule has 0 aliphatic heterocycles. The molecular formula is C9H15NO2. The standard InChI is InChI=1S/C9H15NO2/c1-10(12-2)9(11)7-8-5-3-4-6-8/h3,5,8H,4,6-7H2,1-2H3/t8-/m0/s1. The van der Waals surface area contributed by atoms with Crippen molar-refractivity contribution in [3.05, 3.63) is 12.2 Å². The predicted octanol–water partition coefficient (Wildman–Crippen LogP) is 1.36. The lowest BCUT2D eigenvalue weighted by Gasteiger charge is -2.15. The number of nitrogens with zero attached hydrogens (tertiary/aromatic N) is 1. The molecule has 1 rings (SSSR count). The van der Waals surface area contributed by atoms with Gasteiger partial charge in [-0.3, -0.25) is 9.63 Å². The molecule has 12 heavy (non-hydrogen) atoms. The van der Waals surface area contributed by atoms with Crippen LogP contribution in [0, 0.1) is 5.92 Å². The molecule has 3 heteroatoms. The van der Waals surface area contributed by atoms with Gasteiger partial charge in [0.25, 0.3) is 0 Å². The molecule has 0 fully saturated rings. The number of rotatable bonds is 3. The maximum absolute atomic E-state index is 11.3.